The van der Waals surface area contributed by atoms with Gasteiger partial charge < -0.3 is 20.7 Å². The van der Waals surface area contributed by atoms with Crippen molar-refractivity contribution in [2.75, 3.05) is 31.3 Å². The van der Waals surface area contributed by atoms with Crippen LogP contribution < -0.4 is 20.7 Å². The average molecular weight is 451 g/mol. The first-order valence-corrected chi connectivity index (χ1v) is 11.6. The Hall–Kier alpha value is -3.28. The topological polar surface area (TPSA) is 80.5 Å². The Morgan fingerprint density at radius 3 is 2.58 bits per heavy atom. The molecule has 0 spiro atoms. The summed E-state index contributed by atoms with van der Waals surface area (Å²) in [7, 11) is 3.62. The molecule has 0 radical (unpaired) electrons. The summed E-state index contributed by atoms with van der Waals surface area (Å²) in [5.41, 5.74) is 9.63. The molecule has 0 aliphatic carbocycles. The summed E-state index contributed by atoms with van der Waals surface area (Å²) < 4.78 is 5.89. The number of ether oxygens (including phenoxy) is 1. The number of nitrogens with two attached hydrogens (primary N) is 1. The second-order valence-electron chi connectivity index (χ2n) is 8.59. The predicted octanol–water partition coefficient (Wildman–Crippen LogP) is 5.83. The lowest BCUT2D eigenvalue weighted by atomic mass is 9.98. The lowest BCUT2D eigenvalue weighted by Gasteiger charge is -2.23. The molecule has 1 aromatic carbocycles. The van der Waals surface area contributed by atoms with Crippen LogP contribution in [0.1, 0.15) is 51.0 Å². The number of rotatable bonds is 11. The van der Waals surface area contributed by atoms with Gasteiger partial charge in [-0.3, -0.25) is 9.78 Å². The number of amides is 1. The van der Waals surface area contributed by atoms with Crippen LogP contribution >= 0.6 is 0 Å². The van der Waals surface area contributed by atoms with E-state index in [4.69, 9.17) is 10.5 Å². The Morgan fingerprint density at radius 1 is 1.21 bits per heavy atom. The molecule has 2 rings (SSSR count). The van der Waals surface area contributed by atoms with Gasteiger partial charge in [0.2, 0.25) is 0 Å². The van der Waals surface area contributed by atoms with Gasteiger partial charge in [-0.15, -0.1) is 0 Å². The first-order chi connectivity index (χ1) is 15.7. The van der Waals surface area contributed by atoms with Crippen molar-refractivity contribution >= 4 is 17.3 Å². The summed E-state index contributed by atoms with van der Waals surface area (Å²) in [6.45, 7) is 9.78. The van der Waals surface area contributed by atoms with Gasteiger partial charge in [-0.05, 0) is 48.4 Å². The van der Waals surface area contributed by atoms with Crippen LogP contribution in [0, 0.1) is 11.8 Å². The normalized spacial score (nSPS) is 12.8. The van der Waals surface area contributed by atoms with Gasteiger partial charge in [0, 0.05) is 39.0 Å². The van der Waals surface area contributed by atoms with E-state index in [0.29, 0.717) is 34.7 Å². The molecular weight excluding hydrogens is 412 g/mol. The number of carbonyl (C=O) groups excluding carboxylic acids is 1. The maximum absolute atomic E-state index is 11.8. The highest BCUT2D eigenvalue weighted by Gasteiger charge is 2.11. The molecule has 0 aliphatic rings. The molecule has 0 saturated carbocycles. The van der Waals surface area contributed by atoms with Crippen LogP contribution in [-0.2, 0) is 0 Å². The van der Waals surface area contributed by atoms with Crippen molar-refractivity contribution in [1.29, 1.82) is 0 Å². The van der Waals surface area contributed by atoms with E-state index < -0.39 is 0 Å². The van der Waals surface area contributed by atoms with Gasteiger partial charge in [0.25, 0.3) is 5.91 Å². The number of nitrogens with one attached hydrogen (secondary N) is 1. The number of aromatic nitrogens is 1. The van der Waals surface area contributed by atoms with E-state index in [0.717, 1.165) is 25.1 Å². The lowest BCUT2D eigenvalue weighted by Crippen LogP contribution is -2.21. The van der Waals surface area contributed by atoms with Gasteiger partial charge in [-0.25, -0.2) is 0 Å². The minimum Gasteiger partial charge on any atom is -0.457 e. The summed E-state index contributed by atoms with van der Waals surface area (Å²) in [6.07, 6.45) is 10.5. The van der Waals surface area contributed by atoms with Crippen LogP contribution in [0.3, 0.4) is 0 Å². The summed E-state index contributed by atoms with van der Waals surface area (Å²) >= 11 is 0. The minimum atomic E-state index is -0.261. The van der Waals surface area contributed by atoms with Crippen LogP contribution in [-0.4, -0.2) is 31.5 Å². The zero-order valence-corrected chi connectivity index (χ0v) is 20.8. The van der Waals surface area contributed by atoms with E-state index in [9.17, 15) is 4.79 Å². The number of carbonyl (C=O) groups is 1. The van der Waals surface area contributed by atoms with E-state index >= 15 is 0 Å². The van der Waals surface area contributed by atoms with Crippen molar-refractivity contribution in [1.82, 2.24) is 10.3 Å². The molecule has 6 nitrogen and oxygen atoms in total. The standard InChI is InChI=1S/C27H38N4O2/c1-7-8-21(19(2)3)10-9-20(4)14-16-31(6)26-12-11-22(17-24(26)28)33-23-13-15-30-25(18-23)27(32)29-5/h8-13,15,17-20H,7,14,16,28H2,1-6H3,(H,29,32)/b10-9-,21-8+. The fourth-order valence-electron chi connectivity index (χ4n) is 3.43. The number of hydrogen-bond acceptors (Lipinski definition) is 5. The third kappa shape index (κ3) is 7.97. The average Bonchev–Trinajstić information content (AvgIpc) is 2.79. The summed E-state index contributed by atoms with van der Waals surface area (Å²) in [4.78, 5) is 18.0. The van der Waals surface area contributed by atoms with E-state index in [1.54, 1.807) is 31.4 Å². The van der Waals surface area contributed by atoms with Gasteiger partial charge >= 0.3 is 0 Å². The molecule has 6 heteroatoms. The number of allylic oxidation sites excluding steroid dienone is 4. The highest BCUT2D eigenvalue weighted by atomic mass is 16.5. The van der Waals surface area contributed by atoms with Crippen LogP contribution in [0.5, 0.6) is 11.5 Å². The molecule has 0 bridgehead atoms. The summed E-state index contributed by atoms with van der Waals surface area (Å²) in [5, 5.41) is 2.56. The Morgan fingerprint density at radius 2 is 1.94 bits per heavy atom. The maximum Gasteiger partial charge on any atom is 0.269 e. The van der Waals surface area contributed by atoms with Gasteiger partial charge in [0.15, 0.2) is 0 Å². The Bertz CT molecular complexity index is 982. The molecule has 178 valence electrons. The van der Waals surface area contributed by atoms with Crippen LogP contribution in [0.15, 0.2) is 60.3 Å². The van der Waals surface area contributed by atoms with Gasteiger partial charge in [-0.2, -0.15) is 0 Å². The number of pyridine rings is 1. The van der Waals surface area contributed by atoms with Crippen LogP contribution in [0.2, 0.25) is 0 Å². The molecule has 3 N–H and O–H groups in total. The fraction of sp³-hybridized carbons (Fsp3) is 0.407. The molecule has 0 saturated heterocycles. The largest absolute Gasteiger partial charge is 0.457 e. The first kappa shape index (κ1) is 26.0. The second kappa shape index (κ2) is 12.7. The van der Waals surface area contributed by atoms with E-state index in [1.165, 1.54) is 5.57 Å². The zero-order valence-electron chi connectivity index (χ0n) is 20.8. The van der Waals surface area contributed by atoms with Gasteiger partial charge in [-0.1, -0.05) is 45.9 Å². The third-order valence-corrected chi connectivity index (χ3v) is 5.48. The summed E-state index contributed by atoms with van der Waals surface area (Å²) in [6, 6.07) is 8.96. The quantitative estimate of drug-likeness (QED) is 0.333. The molecule has 1 atom stereocenters. The number of nitrogens with zero attached hydrogens (tertiary/aromatic N) is 2. The highest BCUT2D eigenvalue weighted by molar-refractivity contribution is 5.92. The maximum atomic E-state index is 11.8. The fourth-order valence-corrected chi connectivity index (χ4v) is 3.43. The Kier molecular flexibility index (Phi) is 9.98. The molecule has 2 aromatic rings. The number of nitrogen functional groups attached to an aromatic ring is 1. The van der Waals surface area contributed by atoms with E-state index in [1.807, 2.05) is 12.1 Å². The third-order valence-electron chi connectivity index (χ3n) is 5.48. The molecule has 1 unspecified atom stereocenters. The highest BCUT2D eigenvalue weighted by Crippen LogP contribution is 2.30. The Labute approximate surface area is 198 Å². The molecule has 33 heavy (non-hydrogen) atoms. The second-order valence-corrected chi connectivity index (χ2v) is 8.59. The molecular formula is C27H38N4O2. The molecule has 0 aliphatic heterocycles. The Balaban J connectivity index is 1.99. The number of anilines is 2. The molecule has 1 amide bonds. The minimum absolute atomic E-state index is 0.261. The summed E-state index contributed by atoms with van der Waals surface area (Å²) in [5.74, 6) is 1.89. The zero-order chi connectivity index (χ0) is 24.4. The smallest absolute Gasteiger partial charge is 0.269 e. The molecule has 1 heterocycles. The predicted molar refractivity (Wildman–Crippen MR) is 138 cm³/mol. The van der Waals surface area contributed by atoms with Crippen molar-refractivity contribution < 1.29 is 9.53 Å². The van der Waals surface area contributed by atoms with Crippen molar-refractivity contribution in [2.45, 2.75) is 40.5 Å². The molecule has 0 fully saturated rings. The van der Waals surface area contributed by atoms with Gasteiger partial charge in [0.05, 0.1) is 11.4 Å². The van der Waals surface area contributed by atoms with Crippen LogP contribution in [0.25, 0.3) is 0 Å². The van der Waals surface area contributed by atoms with Crippen molar-refractivity contribution in [3.05, 3.63) is 66.0 Å². The van der Waals surface area contributed by atoms with E-state index in [2.05, 4.69) is 68.2 Å². The van der Waals surface area contributed by atoms with Crippen LogP contribution in [0.4, 0.5) is 11.4 Å². The number of benzene rings is 1. The lowest BCUT2D eigenvalue weighted by molar-refractivity contribution is 0.0958. The monoisotopic (exact) mass is 450 g/mol. The number of hydrogen-bond donors (Lipinski definition) is 2. The van der Waals surface area contributed by atoms with Crippen molar-refractivity contribution in [2.24, 2.45) is 11.8 Å². The SMILES string of the molecule is CC/C=C(\C=C/C(C)CCN(C)c1ccc(Oc2ccnc(C(=O)NC)c2)cc1N)C(C)C. The van der Waals surface area contributed by atoms with Crippen molar-refractivity contribution in [3.63, 3.8) is 0 Å². The molecule has 1 aromatic heterocycles. The first-order valence-electron chi connectivity index (χ1n) is 11.6. The van der Waals surface area contributed by atoms with Gasteiger partial charge in [0.1, 0.15) is 17.2 Å². The van der Waals surface area contributed by atoms with Crippen molar-refractivity contribution in [3.8, 4) is 11.5 Å². The van der Waals surface area contributed by atoms with E-state index in [-0.39, 0.29) is 5.91 Å².